The predicted molar refractivity (Wildman–Crippen MR) is 99.9 cm³/mol. The Morgan fingerprint density at radius 2 is 1.96 bits per heavy atom. The summed E-state index contributed by atoms with van der Waals surface area (Å²) in [7, 11) is -3.83. The number of ether oxygens (including phenoxy) is 1. The average Bonchev–Trinajstić information content (AvgIpc) is 3.18. The van der Waals surface area contributed by atoms with Gasteiger partial charge in [0, 0.05) is 30.2 Å². The maximum atomic E-state index is 13.7. The van der Waals surface area contributed by atoms with E-state index in [1.54, 1.807) is 26.4 Å². The maximum absolute atomic E-state index is 13.7. The van der Waals surface area contributed by atoms with Crippen LogP contribution in [-0.2, 0) is 10.0 Å². The van der Waals surface area contributed by atoms with Gasteiger partial charge < -0.3 is 9.30 Å². The lowest BCUT2D eigenvalue weighted by atomic mass is 10.1. The van der Waals surface area contributed by atoms with Crippen molar-refractivity contribution < 1.29 is 17.5 Å². The second-order valence-corrected chi connectivity index (χ2v) is 7.64. The summed E-state index contributed by atoms with van der Waals surface area (Å²) in [4.78, 5) is 3.95. The van der Waals surface area contributed by atoms with Gasteiger partial charge in [0.2, 0.25) is 10.0 Å². The molecule has 0 spiro atoms. The summed E-state index contributed by atoms with van der Waals surface area (Å²) in [5.41, 5.74) is 1.72. The van der Waals surface area contributed by atoms with E-state index in [0.29, 0.717) is 0 Å². The lowest BCUT2D eigenvalue weighted by Gasteiger charge is -2.16. The zero-order valence-corrected chi connectivity index (χ0v) is 15.8. The van der Waals surface area contributed by atoms with Gasteiger partial charge >= 0.3 is 0 Å². The van der Waals surface area contributed by atoms with Crippen molar-refractivity contribution >= 4 is 10.0 Å². The van der Waals surface area contributed by atoms with Crippen LogP contribution >= 0.6 is 0 Å². The van der Waals surface area contributed by atoms with Gasteiger partial charge in [-0.05, 0) is 43.7 Å². The van der Waals surface area contributed by atoms with Crippen LogP contribution in [0.2, 0.25) is 0 Å². The predicted octanol–water partition coefficient (Wildman–Crippen LogP) is 3.45. The van der Waals surface area contributed by atoms with E-state index in [-0.39, 0.29) is 17.3 Å². The molecule has 1 aromatic heterocycles. The largest absolute Gasteiger partial charge is 0.491 e. The standard InChI is InChI=1S/C19H20FN3O3S/c1-3-26-19-12-17(8-9-18(19)20)27(24,25)22-14(2)15-4-6-16(7-5-15)23-11-10-21-13-23/h4-14,22H,3H2,1-2H3. The van der Waals surface area contributed by atoms with Crippen molar-refractivity contribution in [2.45, 2.75) is 24.8 Å². The van der Waals surface area contributed by atoms with Crippen LogP contribution < -0.4 is 9.46 Å². The summed E-state index contributed by atoms with van der Waals surface area (Å²) in [6.07, 6.45) is 5.20. The van der Waals surface area contributed by atoms with Crippen molar-refractivity contribution in [3.05, 3.63) is 72.6 Å². The van der Waals surface area contributed by atoms with Crippen LogP contribution in [0.15, 0.2) is 66.1 Å². The summed E-state index contributed by atoms with van der Waals surface area (Å²) in [6.45, 7) is 3.69. The molecule has 142 valence electrons. The molecular weight excluding hydrogens is 369 g/mol. The van der Waals surface area contributed by atoms with E-state index >= 15 is 0 Å². The number of benzene rings is 2. The first-order valence-corrected chi connectivity index (χ1v) is 9.92. The zero-order valence-electron chi connectivity index (χ0n) is 15.0. The lowest BCUT2D eigenvalue weighted by Crippen LogP contribution is -2.27. The van der Waals surface area contributed by atoms with Crippen molar-refractivity contribution in [2.75, 3.05) is 6.61 Å². The molecule has 0 fully saturated rings. The molecule has 1 heterocycles. The summed E-state index contributed by atoms with van der Waals surface area (Å²) in [6, 6.07) is 10.5. The second kappa shape index (κ2) is 7.89. The molecule has 1 N–H and O–H groups in total. The molecule has 0 aliphatic rings. The maximum Gasteiger partial charge on any atom is 0.241 e. The van der Waals surface area contributed by atoms with Crippen LogP contribution in [0.1, 0.15) is 25.5 Å². The van der Waals surface area contributed by atoms with Crippen LogP contribution in [0.3, 0.4) is 0 Å². The molecule has 0 saturated carbocycles. The summed E-state index contributed by atoms with van der Waals surface area (Å²) < 4.78 is 48.5. The van der Waals surface area contributed by atoms with E-state index < -0.39 is 21.9 Å². The first-order chi connectivity index (χ1) is 12.9. The Labute approximate surface area is 157 Å². The lowest BCUT2D eigenvalue weighted by molar-refractivity contribution is 0.320. The van der Waals surface area contributed by atoms with E-state index in [1.165, 1.54) is 12.1 Å². The van der Waals surface area contributed by atoms with E-state index in [2.05, 4.69) is 9.71 Å². The number of imidazole rings is 1. The zero-order chi connectivity index (χ0) is 19.4. The highest BCUT2D eigenvalue weighted by Crippen LogP contribution is 2.24. The molecule has 0 amide bonds. The van der Waals surface area contributed by atoms with Crippen LogP contribution in [-0.4, -0.2) is 24.6 Å². The smallest absolute Gasteiger partial charge is 0.241 e. The Morgan fingerprint density at radius 1 is 1.22 bits per heavy atom. The second-order valence-electron chi connectivity index (χ2n) is 5.93. The van der Waals surface area contributed by atoms with Crippen LogP contribution in [0.25, 0.3) is 5.69 Å². The number of sulfonamides is 1. The van der Waals surface area contributed by atoms with Crippen LogP contribution in [0.4, 0.5) is 4.39 Å². The minimum Gasteiger partial charge on any atom is -0.491 e. The number of rotatable bonds is 7. The Hall–Kier alpha value is -2.71. The monoisotopic (exact) mass is 389 g/mol. The molecule has 0 radical (unpaired) electrons. The number of hydrogen-bond acceptors (Lipinski definition) is 4. The minimum atomic E-state index is -3.83. The van der Waals surface area contributed by atoms with E-state index in [1.807, 2.05) is 35.0 Å². The van der Waals surface area contributed by atoms with E-state index in [4.69, 9.17) is 4.74 Å². The van der Waals surface area contributed by atoms with Gasteiger partial charge in [0.05, 0.1) is 17.8 Å². The highest BCUT2D eigenvalue weighted by molar-refractivity contribution is 7.89. The third-order valence-electron chi connectivity index (χ3n) is 4.04. The van der Waals surface area contributed by atoms with Crippen molar-refractivity contribution in [1.82, 2.24) is 14.3 Å². The highest BCUT2D eigenvalue weighted by atomic mass is 32.2. The Balaban J connectivity index is 1.78. The van der Waals surface area contributed by atoms with Crippen molar-refractivity contribution in [3.8, 4) is 11.4 Å². The first kappa shape index (κ1) is 19.1. The number of hydrogen-bond donors (Lipinski definition) is 1. The van der Waals surface area contributed by atoms with Gasteiger partial charge in [-0.1, -0.05) is 12.1 Å². The molecule has 8 heteroatoms. The number of aromatic nitrogens is 2. The van der Waals surface area contributed by atoms with Crippen LogP contribution in [0.5, 0.6) is 5.75 Å². The average molecular weight is 389 g/mol. The molecule has 3 rings (SSSR count). The normalized spacial score (nSPS) is 12.7. The van der Waals surface area contributed by atoms with Gasteiger partial charge in [-0.2, -0.15) is 0 Å². The molecule has 2 aromatic carbocycles. The summed E-state index contributed by atoms with van der Waals surface area (Å²) in [5, 5.41) is 0. The summed E-state index contributed by atoms with van der Waals surface area (Å²) in [5.74, 6) is -0.684. The van der Waals surface area contributed by atoms with Gasteiger partial charge in [0.1, 0.15) is 0 Å². The van der Waals surface area contributed by atoms with Crippen molar-refractivity contribution in [1.29, 1.82) is 0 Å². The van der Waals surface area contributed by atoms with Gasteiger partial charge in [0.15, 0.2) is 11.6 Å². The van der Waals surface area contributed by atoms with Gasteiger partial charge in [-0.25, -0.2) is 22.5 Å². The van der Waals surface area contributed by atoms with Gasteiger partial charge in [-0.15, -0.1) is 0 Å². The van der Waals surface area contributed by atoms with Gasteiger partial charge in [-0.3, -0.25) is 0 Å². The molecule has 0 aliphatic carbocycles. The third-order valence-corrected chi connectivity index (χ3v) is 5.58. The quantitative estimate of drug-likeness (QED) is 0.672. The Kier molecular flexibility index (Phi) is 5.57. The number of nitrogens with zero attached hydrogens (tertiary/aromatic N) is 2. The van der Waals surface area contributed by atoms with Gasteiger partial charge in [0.25, 0.3) is 0 Å². The topological polar surface area (TPSA) is 73.2 Å². The Bertz CT molecular complexity index is 1000. The molecule has 0 aliphatic heterocycles. The molecule has 1 atom stereocenters. The minimum absolute atomic E-state index is 0.0470. The molecule has 3 aromatic rings. The fraction of sp³-hybridized carbons (Fsp3) is 0.211. The fourth-order valence-corrected chi connectivity index (χ4v) is 3.88. The fourth-order valence-electron chi connectivity index (χ4n) is 2.63. The number of nitrogens with one attached hydrogen (secondary N) is 1. The first-order valence-electron chi connectivity index (χ1n) is 8.43. The molecule has 0 saturated heterocycles. The SMILES string of the molecule is CCOc1cc(S(=O)(=O)NC(C)c2ccc(-n3ccnc3)cc2)ccc1F. The van der Waals surface area contributed by atoms with Crippen molar-refractivity contribution in [3.63, 3.8) is 0 Å². The molecule has 6 nitrogen and oxygen atoms in total. The highest BCUT2D eigenvalue weighted by Gasteiger charge is 2.20. The van der Waals surface area contributed by atoms with E-state index in [0.717, 1.165) is 17.3 Å². The number of halogens is 1. The summed E-state index contributed by atoms with van der Waals surface area (Å²) >= 11 is 0. The van der Waals surface area contributed by atoms with Crippen LogP contribution in [0, 0.1) is 5.82 Å². The molecule has 1 unspecified atom stereocenters. The van der Waals surface area contributed by atoms with Crippen molar-refractivity contribution in [2.24, 2.45) is 0 Å². The molecule has 27 heavy (non-hydrogen) atoms. The molecule has 0 bridgehead atoms. The van der Waals surface area contributed by atoms with E-state index in [9.17, 15) is 12.8 Å². The molecular formula is C19H20FN3O3S. The Morgan fingerprint density at radius 3 is 2.59 bits per heavy atom. The third kappa shape index (κ3) is 4.35.